The van der Waals surface area contributed by atoms with Gasteiger partial charge in [-0.15, -0.1) is 10.2 Å². The number of ether oxygens (including phenoxy) is 2. The van der Waals surface area contributed by atoms with Gasteiger partial charge in [-0.1, -0.05) is 0 Å². The number of carbonyl (C=O) groups excluding carboxylic acids is 1. The standard InChI is InChI=1S/C14H14N4O3/c1-20-13-6-10(7-17-18-8-15-16-9-18)2-5-12(13)21-14(19)11-3-4-11/h2,5-9,11H,3-4H2,1H3/b17-7-. The molecule has 1 saturated carbocycles. The zero-order valence-corrected chi connectivity index (χ0v) is 11.5. The molecule has 1 fully saturated rings. The number of aromatic nitrogens is 3. The third-order valence-electron chi connectivity index (χ3n) is 3.06. The largest absolute Gasteiger partial charge is 0.493 e. The molecule has 7 nitrogen and oxygen atoms in total. The van der Waals surface area contributed by atoms with Gasteiger partial charge in [0.25, 0.3) is 0 Å². The van der Waals surface area contributed by atoms with Crippen molar-refractivity contribution < 1.29 is 14.3 Å². The van der Waals surface area contributed by atoms with Gasteiger partial charge >= 0.3 is 5.97 Å². The highest BCUT2D eigenvalue weighted by atomic mass is 16.6. The molecular formula is C14H14N4O3. The lowest BCUT2D eigenvalue weighted by atomic mass is 10.2. The molecule has 0 atom stereocenters. The molecule has 1 aliphatic rings. The van der Waals surface area contributed by atoms with Crippen LogP contribution in [0.3, 0.4) is 0 Å². The van der Waals surface area contributed by atoms with Gasteiger partial charge in [0.15, 0.2) is 11.5 Å². The molecule has 1 aromatic carbocycles. The Labute approximate surface area is 121 Å². The minimum Gasteiger partial charge on any atom is -0.493 e. The Morgan fingerprint density at radius 3 is 2.76 bits per heavy atom. The molecular weight excluding hydrogens is 272 g/mol. The van der Waals surface area contributed by atoms with Crippen LogP contribution in [-0.2, 0) is 4.79 Å². The van der Waals surface area contributed by atoms with Crippen LogP contribution in [0, 0.1) is 5.92 Å². The Kier molecular flexibility index (Phi) is 3.63. The van der Waals surface area contributed by atoms with E-state index < -0.39 is 0 Å². The van der Waals surface area contributed by atoms with Crippen LogP contribution in [0.5, 0.6) is 11.5 Å². The summed E-state index contributed by atoms with van der Waals surface area (Å²) in [5.41, 5.74) is 0.812. The summed E-state index contributed by atoms with van der Waals surface area (Å²) in [6.45, 7) is 0. The smallest absolute Gasteiger partial charge is 0.314 e. The summed E-state index contributed by atoms with van der Waals surface area (Å²) in [7, 11) is 1.53. The fourth-order valence-electron chi connectivity index (χ4n) is 1.75. The van der Waals surface area contributed by atoms with Crippen molar-refractivity contribution in [2.24, 2.45) is 11.0 Å². The van der Waals surface area contributed by atoms with E-state index in [1.54, 1.807) is 24.4 Å². The number of nitrogens with zero attached hydrogens (tertiary/aromatic N) is 4. The van der Waals surface area contributed by atoms with Gasteiger partial charge in [0.1, 0.15) is 12.7 Å². The number of rotatable bonds is 5. The molecule has 0 saturated heterocycles. The lowest BCUT2D eigenvalue weighted by Gasteiger charge is -2.09. The van der Waals surface area contributed by atoms with Crippen LogP contribution in [0.2, 0.25) is 0 Å². The summed E-state index contributed by atoms with van der Waals surface area (Å²) in [6, 6.07) is 5.25. The second-order valence-electron chi connectivity index (χ2n) is 4.69. The van der Waals surface area contributed by atoms with E-state index in [-0.39, 0.29) is 11.9 Å². The molecule has 0 N–H and O–H groups in total. The first kappa shape index (κ1) is 13.3. The SMILES string of the molecule is COc1cc(/C=N\n2cnnc2)ccc1OC(=O)C1CC1. The molecule has 3 rings (SSSR count). The van der Waals surface area contributed by atoms with Crippen molar-refractivity contribution in [3.05, 3.63) is 36.4 Å². The monoisotopic (exact) mass is 286 g/mol. The van der Waals surface area contributed by atoms with Crippen molar-refractivity contribution in [1.29, 1.82) is 0 Å². The molecule has 2 aromatic rings. The van der Waals surface area contributed by atoms with Gasteiger partial charge in [-0.25, -0.2) is 4.68 Å². The molecule has 1 heterocycles. The van der Waals surface area contributed by atoms with Gasteiger partial charge in [0, 0.05) is 0 Å². The summed E-state index contributed by atoms with van der Waals surface area (Å²) in [5, 5.41) is 11.5. The average molecular weight is 286 g/mol. The Balaban J connectivity index is 1.76. The van der Waals surface area contributed by atoms with Crippen LogP contribution in [0.15, 0.2) is 36.0 Å². The molecule has 1 aromatic heterocycles. The Hall–Kier alpha value is -2.70. The van der Waals surface area contributed by atoms with Gasteiger partial charge < -0.3 is 9.47 Å². The second kappa shape index (κ2) is 5.74. The Bertz CT molecular complexity index is 663. The first-order chi connectivity index (χ1) is 10.3. The molecule has 1 aliphatic carbocycles. The van der Waals surface area contributed by atoms with Crippen LogP contribution in [0.4, 0.5) is 0 Å². The van der Waals surface area contributed by atoms with Crippen molar-refractivity contribution in [2.45, 2.75) is 12.8 Å². The predicted molar refractivity (Wildman–Crippen MR) is 74.4 cm³/mol. The predicted octanol–water partition coefficient (Wildman–Crippen LogP) is 1.48. The van der Waals surface area contributed by atoms with Gasteiger partial charge in [-0.3, -0.25) is 4.79 Å². The number of esters is 1. The molecule has 0 amide bonds. The molecule has 0 aliphatic heterocycles. The van der Waals surface area contributed by atoms with E-state index in [0.717, 1.165) is 18.4 Å². The lowest BCUT2D eigenvalue weighted by molar-refractivity contribution is -0.135. The summed E-state index contributed by atoms with van der Waals surface area (Å²) < 4.78 is 12.1. The lowest BCUT2D eigenvalue weighted by Crippen LogP contribution is -2.10. The summed E-state index contributed by atoms with van der Waals surface area (Å²) in [5.74, 6) is 0.774. The second-order valence-corrected chi connectivity index (χ2v) is 4.69. The van der Waals surface area contributed by atoms with Gasteiger partial charge in [-0.2, -0.15) is 5.10 Å². The first-order valence-corrected chi connectivity index (χ1v) is 6.55. The van der Waals surface area contributed by atoms with Gasteiger partial charge in [0.2, 0.25) is 0 Å². The number of carbonyl (C=O) groups is 1. The number of benzene rings is 1. The highest BCUT2D eigenvalue weighted by molar-refractivity contribution is 5.82. The van der Waals surface area contributed by atoms with Crippen LogP contribution < -0.4 is 9.47 Å². The molecule has 108 valence electrons. The van der Waals surface area contributed by atoms with E-state index in [0.29, 0.717) is 11.5 Å². The highest BCUT2D eigenvalue weighted by Crippen LogP contribution is 2.34. The third-order valence-corrected chi connectivity index (χ3v) is 3.06. The number of methoxy groups -OCH3 is 1. The van der Waals surface area contributed by atoms with Crippen molar-refractivity contribution in [1.82, 2.24) is 14.9 Å². The fraction of sp³-hybridized carbons (Fsp3) is 0.286. The first-order valence-electron chi connectivity index (χ1n) is 6.55. The van der Waals surface area contributed by atoms with Crippen molar-refractivity contribution >= 4 is 12.2 Å². The molecule has 21 heavy (non-hydrogen) atoms. The zero-order chi connectivity index (χ0) is 14.7. The van der Waals surface area contributed by atoms with Crippen LogP contribution in [-0.4, -0.2) is 34.2 Å². The van der Waals surface area contributed by atoms with Crippen molar-refractivity contribution in [3.8, 4) is 11.5 Å². The maximum Gasteiger partial charge on any atom is 0.314 e. The summed E-state index contributed by atoms with van der Waals surface area (Å²) in [6.07, 6.45) is 6.42. The van der Waals surface area contributed by atoms with Gasteiger partial charge in [-0.05, 0) is 36.6 Å². The third kappa shape index (κ3) is 3.25. The molecule has 0 radical (unpaired) electrons. The van der Waals surface area contributed by atoms with Gasteiger partial charge in [0.05, 0.1) is 19.2 Å². The fourth-order valence-corrected chi connectivity index (χ4v) is 1.75. The van der Waals surface area contributed by atoms with Crippen LogP contribution >= 0.6 is 0 Å². The highest BCUT2D eigenvalue weighted by Gasteiger charge is 2.32. The normalized spacial score (nSPS) is 14.3. The Morgan fingerprint density at radius 1 is 1.33 bits per heavy atom. The van der Waals surface area contributed by atoms with Crippen LogP contribution in [0.1, 0.15) is 18.4 Å². The molecule has 0 unspecified atom stereocenters. The van der Waals surface area contributed by atoms with Crippen molar-refractivity contribution in [3.63, 3.8) is 0 Å². The van der Waals surface area contributed by atoms with Crippen LogP contribution in [0.25, 0.3) is 0 Å². The van der Waals surface area contributed by atoms with E-state index in [1.165, 1.54) is 24.4 Å². The van der Waals surface area contributed by atoms with Crippen molar-refractivity contribution in [2.75, 3.05) is 7.11 Å². The average Bonchev–Trinajstić information content (AvgIpc) is 3.23. The zero-order valence-electron chi connectivity index (χ0n) is 11.5. The number of hydrogen-bond donors (Lipinski definition) is 0. The number of hydrogen-bond acceptors (Lipinski definition) is 6. The van der Waals surface area contributed by atoms with E-state index in [9.17, 15) is 4.79 Å². The quantitative estimate of drug-likeness (QED) is 0.472. The van der Waals surface area contributed by atoms with E-state index in [1.807, 2.05) is 0 Å². The Morgan fingerprint density at radius 2 is 2.10 bits per heavy atom. The van der Waals surface area contributed by atoms with E-state index >= 15 is 0 Å². The summed E-state index contributed by atoms with van der Waals surface area (Å²) >= 11 is 0. The minimum absolute atomic E-state index is 0.0460. The molecule has 0 spiro atoms. The van der Waals surface area contributed by atoms with E-state index in [2.05, 4.69) is 15.3 Å². The topological polar surface area (TPSA) is 78.6 Å². The molecule has 7 heteroatoms. The van der Waals surface area contributed by atoms with E-state index in [4.69, 9.17) is 9.47 Å². The maximum atomic E-state index is 11.7. The minimum atomic E-state index is -0.195. The molecule has 0 bridgehead atoms. The summed E-state index contributed by atoms with van der Waals surface area (Å²) in [4.78, 5) is 11.7. The maximum absolute atomic E-state index is 11.7.